The average molecular weight is 270 g/mol. The molecule has 2 aromatic carbocycles. The molecule has 2 nitrogen and oxygen atoms in total. The Bertz CT molecular complexity index is 526. The molecule has 1 N–H and O–H groups in total. The molecule has 1 atom stereocenters. The first-order chi connectivity index (χ1) is 9.56. The Hall–Kier alpha value is -1.80. The van der Waals surface area contributed by atoms with Crippen LogP contribution in [0.15, 0.2) is 48.5 Å². The van der Waals surface area contributed by atoms with Crippen LogP contribution in [-0.4, -0.2) is 11.7 Å². The van der Waals surface area contributed by atoms with Gasteiger partial charge in [0.1, 0.15) is 18.5 Å². The topological polar surface area (TPSA) is 29.5 Å². The molecule has 2 heteroatoms. The van der Waals surface area contributed by atoms with Crippen molar-refractivity contribution in [3.05, 3.63) is 65.2 Å². The molecule has 0 bridgehead atoms. The lowest BCUT2D eigenvalue weighted by molar-refractivity contribution is 0.108. The van der Waals surface area contributed by atoms with Gasteiger partial charge in [0.25, 0.3) is 0 Å². The van der Waals surface area contributed by atoms with E-state index in [0.29, 0.717) is 5.92 Å². The van der Waals surface area contributed by atoms with Gasteiger partial charge in [-0.05, 0) is 36.1 Å². The Labute approximate surface area is 121 Å². The van der Waals surface area contributed by atoms with E-state index < -0.39 is 6.10 Å². The fourth-order valence-electron chi connectivity index (χ4n) is 2.01. The van der Waals surface area contributed by atoms with E-state index in [1.807, 2.05) is 43.3 Å². The van der Waals surface area contributed by atoms with Crippen LogP contribution in [0.5, 0.6) is 5.75 Å². The second-order valence-corrected chi connectivity index (χ2v) is 5.46. The summed E-state index contributed by atoms with van der Waals surface area (Å²) in [7, 11) is 0. The van der Waals surface area contributed by atoms with Crippen molar-refractivity contribution in [2.24, 2.45) is 0 Å². The van der Waals surface area contributed by atoms with Gasteiger partial charge in [-0.15, -0.1) is 0 Å². The number of ether oxygens (including phenoxy) is 1. The number of rotatable bonds is 5. The first kappa shape index (κ1) is 14.6. The highest BCUT2D eigenvalue weighted by Gasteiger charge is 2.08. The lowest BCUT2D eigenvalue weighted by Crippen LogP contribution is -2.09. The minimum Gasteiger partial charge on any atom is -0.491 e. The number of aliphatic hydroxyl groups is 1. The molecule has 0 radical (unpaired) electrons. The summed E-state index contributed by atoms with van der Waals surface area (Å²) >= 11 is 0. The first-order valence-electron chi connectivity index (χ1n) is 7.03. The molecule has 0 amide bonds. The molecular formula is C18H22O2. The standard InChI is InChI=1S/C18H22O2/c1-13(2)15-8-10-17(11-9-15)20-12-18(19)16-6-4-14(3)5-7-16/h4-11,13,18-19H,12H2,1-3H3. The van der Waals surface area contributed by atoms with Crippen molar-refractivity contribution in [1.82, 2.24) is 0 Å². The van der Waals surface area contributed by atoms with Gasteiger partial charge in [-0.2, -0.15) is 0 Å². The number of benzene rings is 2. The molecule has 0 aromatic heterocycles. The molecule has 0 heterocycles. The van der Waals surface area contributed by atoms with Crippen LogP contribution in [0.2, 0.25) is 0 Å². The summed E-state index contributed by atoms with van der Waals surface area (Å²) in [6.07, 6.45) is -0.597. The van der Waals surface area contributed by atoms with Gasteiger partial charge in [-0.25, -0.2) is 0 Å². The number of hydrogen-bond donors (Lipinski definition) is 1. The molecule has 0 spiro atoms. The maximum atomic E-state index is 10.1. The molecule has 0 fully saturated rings. The van der Waals surface area contributed by atoms with Crippen LogP contribution in [0.4, 0.5) is 0 Å². The Kier molecular flexibility index (Phi) is 4.80. The summed E-state index contributed by atoms with van der Waals surface area (Å²) in [5.41, 5.74) is 3.36. The zero-order chi connectivity index (χ0) is 14.5. The van der Waals surface area contributed by atoms with Crippen LogP contribution in [0.3, 0.4) is 0 Å². The van der Waals surface area contributed by atoms with Gasteiger partial charge >= 0.3 is 0 Å². The number of aliphatic hydroxyl groups excluding tert-OH is 1. The average Bonchev–Trinajstić information content (AvgIpc) is 2.46. The van der Waals surface area contributed by atoms with Gasteiger partial charge in [0.15, 0.2) is 0 Å². The van der Waals surface area contributed by atoms with Crippen molar-refractivity contribution in [2.75, 3.05) is 6.61 Å². The summed E-state index contributed by atoms with van der Waals surface area (Å²) in [6.45, 7) is 6.63. The predicted molar refractivity (Wildman–Crippen MR) is 82.2 cm³/mol. The second kappa shape index (κ2) is 6.58. The fourth-order valence-corrected chi connectivity index (χ4v) is 2.01. The predicted octanol–water partition coefficient (Wildman–Crippen LogP) is 4.23. The molecule has 1 unspecified atom stereocenters. The van der Waals surface area contributed by atoms with Crippen molar-refractivity contribution >= 4 is 0 Å². The van der Waals surface area contributed by atoms with Crippen LogP contribution in [0, 0.1) is 6.92 Å². The molecule has 2 rings (SSSR count). The van der Waals surface area contributed by atoms with E-state index in [4.69, 9.17) is 4.74 Å². The zero-order valence-corrected chi connectivity index (χ0v) is 12.3. The Balaban J connectivity index is 1.92. The highest BCUT2D eigenvalue weighted by atomic mass is 16.5. The van der Waals surface area contributed by atoms with E-state index in [9.17, 15) is 5.11 Å². The molecule has 0 saturated carbocycles. The van der Waals surface area contributed by atoms with Crippen molar-refractivity contribution in [3.63, 3.8) is 0 Å². The third kappa shape index (κ3) is 3.84. The van der Waals surface area contributed by atoms with E-state index in [1.165, 1.54) is 11.1 Å². The number of hydrogen-bond acceptors (Lipinski definition) is 2. The van der Waals surface area contributed by atoms with E-state index in [2.05, 4.69) is 26.0 Å². The van der Waals surface area contributed by atoms with Crippen LogP contribution in [0.1, 0.15) is 42.6 Å². The van der Waals surface area contributed by atoms with Crippen LogP contribution >= 0.6 is 0 Å². The summed E-state index contributed by atoms with van der Waals surface area (Å²) < 4.78 is 5.64. The van der Waals surface area contributed by atoms with Gasteiger partial charge in [-0.1, -0.05) is 55.8 Å². The van der Waals surface area contributed by atoms with Crippen LogP contribution in [-0.2, 0) is 0 Å². The van der Waals surface area contributed by atoms with Crippen molar-refractivity contribution in [2.45, 2.75) is 32.8 Å². The lowest BCUT2D eigenvalue weighted by Gasteiger charge is -2.13. The Morgan fingerprint density at radius 3 is 2.00 bits per heavy atom. The van der Waals surface area contributed by atoms with Crippen molar-refractivity contribution in [3.8, 4) is 5.75 Å². The molecule has 0 aliphatic heterocycles. The number of aryl methyl sites for hydroxylation is 1. The first-order valence-corrected chi connectivity index (χ1v) is 7.03. The quantitative estimate of drug-likeness (QED) is 0.881. The van der Waals surface area contributed by atoms with Gasteiger partial charge in [0, 0.05) is 0 Å². The molecule has 0 aliphatic carbocycles. The van der Waals surface area contributed by atoms with Crippen molar-refractivity contribution in [1.29, 1.82) is 0 Å². The molecule has 20 heavy (non-hydrogen) atoms. The summed E-state index contributed by atoms with van der Waals surface area (Å²) in [5, 5.41) is 10.1. The van der Waals surface area contributed by atoms with E-state index in [-0.39, 0.29) is 6.61 Å². The highest BCUT2D eigenvalue weighted by Crippen LogP contribution is 2.20. The largest absolute Gasteiger partial charge is 0.491 e. The molecular weight excluding hydrogens is 248 g/mol. The molecule has 2 aromatic rings. The summed E-state index contributed by atoms with van der Waals surface area (Å²) in [4.78, 5) is 0. The van der Waals surface area contributed by atoms with E-state index >= 15 is 0 Å². The highest BCUT2D eigenvalue weighted by molar-refractivity contribution is 5.29. The zero-order valence-electron chi connectivity index (χ0n) is 12.3. The Morgan fingerprint density at radius 2 is 1.45 bits per heavy atom. The minimum absolute atomic E-state index is 0.268. The van der Waals surface area contributed by atoms with Crippen molar-refractivity contribution < 1.29 is 9.84 Å². The van der Waals surface area contributed by atoms with E-state index in [1.54, 1.807) is 0 Å². The lowest BCUT2D eigenvalue weighted by atomic mass is 10.0. The maximum absolute atomic E-state index is 10.1. The normalized spacial score (nSPS) is 12.4. The van der Waals surface area contributed by atoms with Gasteiger partial charge < -0.3 is 9.84 Å². The third-order valence-corrected chi connectivity index (χ3v) is 3.42. The third-order valence-electron chi connectivity index (χ3n) is 3.42. The summed E-state index contributed by atoms with van der Waals surface area (Å²) in [6, 6.07) is 15.9. The minimum atomic E-state index is -0.597. The van der Waals surface area contributed by atoms with Crippen LogP contribution < -0.4 is 4.74 Å². The van der Waals surface area contributed by atoms with Gasteiger partial charge in [-0.3, -0.25) is 0 Å². The SMILES string of the molecule is Cc1ccc(C(O)COc2ccc(C(C)C)cc2)cc1. The van der Waals surface area contributed by atoms with Gasteiger partial charge in [0.2, 0.25) is 0 Å². The summed E-state index contributed by atoms with van der Waals surface area (Å²) in [5.74, 6) is 1.31. The molecule has 0 saturated heterocycles. The molecule has 106 valence electrons. The second-order valence-electron chi connectivity index (χ2n) is 5.46. The van der Waals surface area contributed by atoms with E-state index in [0.717, 1.165) is 11.3 Å². The molecule has 0 aliphatic rings. The Morgan fingerprint density at radius 1 is 0.900 bits per heavy atom. The fraction of sp³-hybridized carbons (Fsp3) is 0.333. The monoisotopic (exact) mass is 270 g/mol. The van der Waals surface area contributed by atoms with Crippen LogP contribution in [0.25, 0.3) is 0 Å². The van der Waals surface area contributed by atoms with Gasteiger partial charge in [0.05, 0.1) is 0 Å². The smallest absolute Gasteiger partial charge is 0.119 e. The maximum Gasteiger partial charge on any atom is 0.119 e.